The summed E-state index contributed by atoms with van der Waals surface area (Å²) in [6, 6.07) is 0.657. The molecule has 2 fully saturated rings. The van der Waals surface area contributed by atoms with Gasteiger partial charge in [0.15, 0.2) is 0 Å². The molecule has 4 N–H and O–H groups in total. The molecular formula is C14H27N3O. The van der Waals surface area contributed by atoms with Crippen LogP contribution in [0, 0.1) is 17.8 Å². The molecule has 18 heavy (non-hydrogen) atoms. The number of hydrogen-bond acceptors (Lipinski definition) is 3. The Hall–Kier alpha value is -0.770. The summed E-state index contributed by atoms with van der Waals surface area (Å²) in [6.07, 6.45) is 8.66. The van der Waals surface area contributed by atoms with E-state index in [0.29, 0.717) is 18.3 Å². The second-order valence-electron chi connectivity index (χ2n) is 6.13. The molecule has 2 aliphatic carbocycles. The van der Waals surface area contributed by atoms with Crippen LogP contribution in [-0.4, -0.2) is 23.6 Å². The van der Waals surface area contributed by atoms with Gasteiger partial charge < -0.3 is 16.3 Å². The number of rotatable bonds is 7. The summed E-state index contributed by atoms with van der Waals surface area (Å²) in [5.41, 5.74) is 5.44. The van der Waals surface area contributed by atoms with Gasteiger partial charge in [0.05, 0.1) is 0 Å². The predicted octanol–water partition coefficient (Wildman–Crippen LogP) is 2.32. The molecule has 0 amide bonds. The Bertz CT molecular complexity index is 293. The van der Waals surface area contributed by atoms with Crippen molar-refractivity contribution in [3.63, 3.8) is 0 Å². The highest BCUT2D eigenvalue weighted by Crippen LogP contribution is 2.49. The normalized spacial score (nSPS) is 32.9. The van der Waals surface area contributed by atoms with E-state index in [1.807, 2.05) is 0 Å². The van der Waals surface area contributed by atoms with Crippen LogP contribution >= 0.6 is 0 Å². The predicted molar refractivity (Wildman–Crippen MR) is 73.7 cm³/mol. The van der Waals surface area contributed by atoms with E-state index in [0.717, 1.165) is 37.1 Å². The van der Waals surface area contributed by atoms with Crippen molar-refractivity contribution in [3.05, 3.63) is 0 Å². The lowest BCUT2D eigenvalue weighted by atomic mass is 9.84. The van der Waals surface area contributed by atoms with Crippen LogP contribution in [0.25, 0.3) is 0 Å². The monoisotopic (exact) mass is 253 g/mol. The van der Waals surface area contributed by atoms with Crippen molar-refractivity contribution in [3.8, 4) is 0 Å². The molecule has 2 aliphatic rings. The number of fused-ring (bicyclic) bond motifs is 2. The van der Waals surface area contributed by atoms with Crippen molar-refractivity contribution in [2.24, 2.45) is 28.6 Å². The zero-order valence-electron chi connectivity index (χ0n) is 11.4. The van der Waals surface area contributed by atoms with Gasteiger partial charge in [0.1, 0.15) is 5.84 Å². The molecule has 0 saturated heterocycles. The molecule has 0 spiro atoms. The number of unbranched alkanes of at least 4 members (excludes halogenated alkanes) is 1. The van der Waals surface area contributed by atoms with Gasteiger partial charge in [0.2, 0.25) is 0 Å². The summed E-state index contributed by atoms with van der Waals surface area (Å²) in [5.74, 6) is 3.28. The highest BCUT2D eigenvalue weighted by Gasteiger charge is 2.41. The largest absolute Gasteiger partial charge is 0.409 e. The Kier molecular flexibility index (Phi) is 4.87. The van der Waals surface area contributed by atoms with E-state index in [-0.39, 0.29) is 0 Å². The second kappa shape index (κ2) is 6.41. The molecule has 104 valence electrons. The summed E-state index contributed by atoms with van der Waals surface area (Å²) in [4.78, 5) is 0. The van der Waals surface area contributed by atoms with E-state index in [9.17, 15) is 0 Å². The molecule has 0 aromatic rings. The SMILES string of the molecule is CC(NCCCCC(N)=NO)C1CC2CCC1C2. The smallest absolute Gasteiger partial charge is 0.139 e. The maximum absolute atomic E-state index is 8.43. The first-order valence-electron chi connectivity index (χ1n) is 7.40. The summed E-state index contributed by atoms with van der Waals surface area (Å²) in [7, 11) is 0. The average Bonchev–Trinajstić information content (AvgIpc) is 3.00. The molecule has 0 aliphatic heterocycles. The first kappa shape index (κ1) is 13.7. The molecule has 0 heterocycles. The van der Waals surface area contributed by atoms with E-state index < -0.39 is 0 Å². The Morgan fingerprint density at radius 2 is 2.22 bits per heavy atom. The molecular weight excluding hydrogens is 226 g/mol. The number of nitrogens with one attached hydrogen (secondary N) is 1. The van der Waals surface area contributed by atoms with Crippen molar-refractivity contribution in [1.29, 1.82) is 0 Å². The number of amidine groups is 1. The van der Waals surface area contributed by atoms with Crippen molar-refractivity contribution in [2.45, 2.75) is 57.9 Å². The van der Waals surface area contributed by atoms with Crippen LogP contribution in [0.15, 0.2) is 5.16 Å². The van der Waals surface area contributed by atoms with Crippen LogP contribution in [-0.2, 0) is 0 Å². The van der Waals surface area contributed by atoms with Gasteiger partial charge in [0.25, 0.3) is 0 Å². The van der Waals surface area contributed by atoms with Crippen LogP contribution in [0.2, 0.25) is 0 Å². The van der Waals surface area contributed by atoms with Crippen molar-refractivity contribution in [2.75, 3.05) is 6.54 Å². The van der Waals surface area contributed by atoms with E-state index in [1.54, 1.807) is 0 Å². The third-order valence-corrected chi connectivity index (χ3v) is 4.89. The van der Waals surface area contributed by atoms with E-state index >= 15 is 0 Å². The quantitative estimate of drug-likeness (QED) is 0.214. The molecule has 0 radical (unpaired) electrons. The fourth-order valence-electron chi connectivity index (χ4n) is 3.87. The molecule has 2 bridgehead atoms. The standard InChI is InChI=1S/C14H27N3O/c1-10(13-9-11-5-6-12(13)8-11)16-7-3-2-4-14(15)17-18/h10-13,16,18H,2-9H2,1H3,(H2,15,17). The third-order valence-electron chi connectivity index (χ3n) is 4.89. The minimum absolute atomic E-state index is 0.344. The molecule has 2 saturated carbocycles. The van der Waals surface area contributed by atoms with Crippen LogP contribution in [0.1, 0.15) is 51.9 Å². The Labute approximate surface area is 110 Å². The van der Waals surface area contributed by atoms with Gasteiger partial charge >= 0.3 is 0 Å². The minimum Gasteiger partial charge on any atom is -0.409 e. The van der Waals surface area contributed by atoms with Gasteiger partial charge in [-0.25, -0.2) is 0 Å². The van der Waals surface area contributed by atoms with Crippen molar-refractivity contribution >= 4 is 5.84 Å². The molecule has 0 aromatic carbocycles. The van der Waals surface area contributed by atoms with Crippen LogP contribution < -0.4 is 11.1 Å². The summed E-state index contributed by atoms with van der Waals surface area (Å²) in [6.45, 7) is 3.39. The van der Waals surface area contributed by atoms with Crippen LogP contribution in [0.5, 0.6) is 0 Å². The number of hydrogen-bond donors (Lipinski definition) is 3. The zero-order valence-corrected chi connectivity index (χ0v) is 11.4. The fraction of sp³-hybridized carbons (Fsp3) is 0.929. The van der Waals surface area contributed by atoms with E-state index in [1.165, 1.54) is 25.7 Å². The van der Waals surface area contributed by atoms with Crippen LogP contribution in [0.3, 0.4) is 0 Å². The third kappa shape index (κ3) is 3.37. The Morgan fingerprint density at radius 1 is 1.39 bits per heavy atom. The molecule has 2 rings (SSSR count). The Morgan fingerprint density at radius 3 is 2.83 bits per heavy atom. The Balaban J connectivity index is 1.56. The maximum Gasteiger partial charge on any atom is 0.139 e. The van der Waals surface area contributed by atoms with Gasteiger partial charge in [-0.3, -0.25) is 0 Å². The summed E-state index contributed by atoms with van der Waals surface area (Å²) in [5, 5.41) is 15.1. The van der Waals surface area contributed by atoms with Gasteiger partial charge in [-0.05, 0) is 63.3 Å². The first-order valence-corrected chi connectivity index (χ1v) is 7.40. The molecule has 4 unspecified atom stereocenters. The van der Waals surface area contributed by atoms with Gasteiger partial charge in [0, 0.05) is 12.5 Å². The van der Waals surface area contributed by atoms with Gasteiger partial charge in [-0.1, -0.05) is 11.6 Å². The molecule has 4 atom stereocenters. The van der Waals surface area contributed by atoms with Crippen molar-refractivity contribution < 1.29 is 5.21 Å². The lowest BCUT2D eigenvalue weighted by Gasteiger charge is -2.28. The zero-order chi connectivity index (χ0) is 13.0. The summed E-state index contributed by atoms with van der Waals surface area (Å²) >= 11 is 0. The summed E-state index contributed by atoms with van der Waals surface area (Å²) < 4.78 is 0. The highest BCUT2D eigenvalue weighted by molar-refractivity contribution is 5.79. The molecule has 0 aromatic heterocycles. The maximum atomic E-state index is 8.43. The molecule has 4 heteroatoms. The minimum atomic E-state index is 0.344. The first-order chi connectivity index (χ1) is 8.70. The number of nitrogens with zero attached hydrogens (tertiary/aromatic N) is 1. The van der Waals surface area contributed by atoms with E-state index in [2.05, 4.69) is 17.4 Å². The molecule has 4 nitrogen and oxygen atoms in total. The van der Waals surface area contributed by atoms with Crippen LogP contribution in [0.4, 0.5) is 0 Å². The topological polar surface area (TPSA) is 70.6 Å². The van der Waals surface area contributed by atoms with Crippen molar-refractivity contribution in [1.82, 2.24) is 5.32 Å². The highest BCUT2D eigenvalue weighted by atomic mass is 16.4. The van der Waals surface area contributed by atoms with Gasteiger partial charge in [-0.15, -0.1) is 0 Å². The average molecular weight is 253 g/mol. The van der Waals surface area contributed by atoms with Gasteiger partial charge in [-0.2, -0.15) is 0 Å². The van der Waals surface area contributed by atoms with E-state index in [4.69, 9.17) is 10.9 Å². The fourth-order valence-corrected chi connectivity index (χ4v) is 3.87. The number of nitrogens with two attached hydrogens (primary N) is 1. The lowest BCUT2D eigenvalue weighted by Crippen LogP contribution is -2.36. The second-order valence-corrected chi connectivity index (χ2v) is 6.13. The number of oxime groups is 1. The lowest BCUT2D eigenvalue weighted by molar-refractivity contribution is 0.260.